The number of nitrogen functional groups attached to an aromatic ring is 1. The Labute approximate surface area is 87.1 Å². The highest BCUT2D eigenvalue weighted by molar-refractivity contribution is 5.70. The van der Waals surface area contributed by atoms with E-state index in [-0.39, 0.29) is 12.1 Å². The van der Waals surface area contributed by atoms with Gasteiger partial charge in [0.1, 0.15) is 12.1 Å². The van der Waals surface area contributed by atoms with Gasteiger partial charge in [-0.3, -0.25) is 4.90 Å². The predicted octanol–water partition coefficient (Wildman–Crippen LogP) is 0.702. The van der Waals surface area contributed by atoms with Crippen molar-refractivity contribution in [2.75, 3.05) is 12.8 Å². The summed E-state index contributed by atoms with van der Waals surface area (Å²) in [6.07, 6.45) is 1.03. The molecule has 0 saturated heterocycles. The SMILES string of the molecule is COC(=O)N1Cc2c(N)ncnc2C1C. The fraction of sp³-hybridized carbons (Fsp3) is 0.444. The zero-order valence-electron chi connectivity index (χ0n) is 8.60. The zero-order valence-corrected chi connectivity index (χ0v) is 8.60. The third-order valence-corrected chi connectivity index (χ3v) is 2.61. The summed E-state index contributed by atoms with van der Waals surface area (Å²) in [6.45, 7) is 2.30. The van der Waals surface area contributed by atoms with Gasteiger partial charge in [0.25, 0.3) is 0 Å². The molecule has 0 saturated carbocycles. The minimum Gasteiger partial charge on any atom is -0.453 e. The summed E-state index contributed by atoms with van der Waals surface area (Å²) in [5.41, 5.74) is 7.32. The largest absolute Gasteiger partial charge is 0.453 e. The van der Waals surface area contributed by atoms with Crippen LogP contribution in [0.5, 0.6) is 0 Å². The van der Waals surface area contributed by atoms with Gasteiger partial charge in [0, 0.05) is 5.56 Å². The zero-order chi connectivity index (χ0) is 11.0. The fourth-order valence-electron chi connectivity index (χ4n) is 1.76. The number of anilines is 1. The van der Waals surface area contributed by atoms with Crippen molar-refractivity contribution in [1.82, 2.24) is 14.9 Å². The third kappa shape index (κ3) is 1.38. The number of carbonyl (C=O) groups is 1. The lowest BCUT2D eigenvalue weighted by Crippen LogP contribution is -2.28. The van der Waals surface area contributed by atoms with Gasteiger partial charge in [-0.2, -0.15) is 0 Å². The molecule has 1 amide bonds. The van der Waals surface area contributed by atoms with Crippen molar-refractivity contribution < 1.29 is 9.53 Å². The Bertz CT molecular complexity index is 407. The third-order valence-electron chi connectivity index (χ3n) is 2.61. The molecule has 1 aromatic rings. The van der Waals surface area contributed by atoms with E-state index in [1.165, 1.54) is 13.4 Å². The molecular weight excluding hydrogens is 196 g/mol. The molecule has 0 fully saturated rings. The first kappa shape index (κ1) is 9.70. The number of fused-ring (bicyclic) bond motifs is 1. The minimum atomic E-state index is -0.375. The van der Waals surface area contributed by atoms with Gasteiger partial charge in [-0.05, 0) is 6.92 Å². The number of methoxy groups -OCH3 is 1. The predicted molar refractivity (Wildman–Crippen MR) is 52.8 cm³/mol. The van der Waals surface area contributed by atoms with Crippen LogP contribution in [0.1, 0.15) is 24.2 Å². The lowest BCUT2D eigenvalue weighted by atomic mass is 10.2. The lowest BCUT2D eigenvalue weighted by molar-refractivity contribution is 0.111. The molecule has 80 valence electrons. The van der Waals surface area contributed by atoms with Crippen LogP contribution in [0, 0.1) is 0 Å². The van der Waals surface area contributed by atoms with Crippen LogP contribution in [0.25, 0.3) is 0 Å². The van der Waals surface area contributed by atoms with E-state index in [4.69, 9.17) is 5.73 Å². The highest BCUT2D eigenvalue weighted by Gasteiger charge is 2.33. The van der Waals surface area contributed by atoms with Crippen LogP contribution in [-0.2, 0) is 11.3 Å². The molecule has 0 spiro atoms. The molecule has 1 atom stereocenters. The second kappa shape index (κ2) is 3.38. The Morgan fingerprint density at radius 3 is 3.00 bits per heavy atom. The molecule has 15 heavy (non-hydrogen) atoms. The molecule has 0 bridgehead atoms. The molecule has 0 aliphatic carbocycles. The summed E-state index contributed by atoms with van der Waals surface area (Å²) < 4.78 is 4.67. The second-order valence-electron chi connectivity index (χ2n) is 3.40. The molecular formula is C9H12N4O2. The van der Waals surface area contributed by atoms with Crippen LogP contribution in [0.4, 0.5) is 10.6 Å². The van der Waals surface area contributed by atoms with Crippen molar-refractivity contribution in [1.29, 1.82) is 0 Å². The average Bonchev–Trinajstić information content (AvgIpc) is 2.57. The smallest absolute Gasteiger partial charge is 0.410 e. The number of ether oxygens (including phenoxy) is 1. The molecule has 1 unspecified atom stereocenters. The minimum absolute atomic E-state index is 0.113. The van der Waals surface area contributed by atoms with Crippen molar-refractivity contribution in [3.63, 3.8) is 0 Å². The van der Waals surface area contributed by atoms with Crippen molar-refractivity contribution in [3.8, 4) is 0 Å². The number of carbonyl (C=O) groups excluding carboxylic acids is 1. The summed E-state index contributed by atoms with van der Waals surface area (Å²) in [5.74, 6) is 0.429. The molecule has 2 rings (SSSR count). The summed E-state index contributed by atoms with van der Waals surface area (Å²) >= 11 is 0. The number of rotatable bonds is 0. The van der Waals surface area contributed by atoms with E-state index in [0.717, 1.165) is 11.3 Å². The second-order valence-corrected chi connectivity index (χ2v) is 3.40. The van der Waals surface area contributed by atoms with Gasteiger partial charge in [-0.1, -0.05) is 0 Å². The quantitative estimate of drug-likeness (QED) is 0.678. The van der Waals surface area contributed by atoms with Crippen LogP contribution in [0.15, 0.2) is 6.33 Å². The van der Waals surface area contributed by atoms with Crippen LogP contribution in [0.3, 0.4) is 0 Å². The van der Waals surface area contributed by atoms with E-state index < -0.39 is 0 Å². The number of nitrogens with two attached hydrogens (primary N) is 1. The lowest BCUT2D eigenvalue weighted by Gasteiger charge is -2.18. The van der Waals surface area contributed by atoms with Crippen LogP contribution in [0.2, 0.25) is 0 Å². The monoisotopic (exact) mass is 208 g/mol. The summed E-state index contributed by atoms with van der Waals surface area (Å²) in [4.78, 5) is 21.0. The number of hydrogen-bond donors (Lipinski definition) is 1. The Hall–Kier alpha value is -1.85. The van der Waals surface area contributed by atoms with E-state index in [0.29, 0.717) is 12.4 Å². The molecule has 1 aliphatic rings. The van der Waals surface area contributed by atoms with Crippen molar-refractivity contribution in [3.05, 3.63) is 17.6 Å². The van der Waals surface area contributed by atoms with Gasteiger partial charge in [-0.25, -0.2) is 14.8 Å². The van der Waals surface area contributed by atoms with Gasteiger partial charge in [0.2, 0.25) is 0 Å². The van der Waals surface area contributed by atoms with E-state index >= 15 is 0 Å². The van der Waals surface area contributed by atoms with Crippen LogP contribution < -0.4 is 5.73 Å². The summed E-state index contributed by atoms with van der Waals surface area (Å²) in [6, 6.07) is -0.113. The molecule has 1 aliphatic heterocycles. The first-order valence-electron chi connectivity index (χ1n) is 4.59. The maximum absolute atomic E-state index is 11.4. The van der Waals surface area contributed by atoms with Gasteiger partial charge >= 0.3 is 6.09 Å². The molecule has 6 nitrogen and oxygen atoms in total. The normalized spacial score (nSPS) is 18.8. The molecule has 1 aromatic heterocycles. The van der Waals surface area contributed by atoms with Crippen LogP contribution >= 0.6 is 0 Å². The van der Waals surface area contributed by atoms with Gasteiger partial charge < -0.3 is 10.5 Å². The Morgan fingerprint density at radius 1 is 1.67 bits per heavy atom. The maximum Gasteiger partial charge on any atom is 0.410 e. The molecule has 2 N–H and O–H groups in total. The van der Waals surface area contributed by atoms with E-state index in [1.54, 1.807) is 4.90 Å². The van der Waals surface area contributed by atoms with Gasteiger partial charge in [-0.15, -0.1) is 0 Å². The van der Waals surface area contributed by atoms with Gasteiger partial charge in [0.05, 0.1) is 25.4 Å². The first-order valence-corrected chi connectivity index (χ1v) is 4.59. The summed E-state index contributed by atoms with van der Waals surface area (Å²) in [5, 5.41) is 0. The van der Waals surface area contributed by atoms with E-state index in [1.807, 2.05) is 6.92 Å². The van der Waals surface area contributed by atoms with Crippen molar-refractivity contribution in [2.45, 2.75) is 19.5 Å². The Kier molecular flexibility index (Phi) is 2.18. The number of hydrogen-bond acceptors (Lipinski definition) is 5. The number of aromatic nitrogens is 2. The van der Waals surface area contributed by atoms with E-state index in [9.17, 15) is 4.79 Å². The van der Waals surface area contributed by atoms with Crippen molar-refractivity contribution in [2.24, 2.45) is 0 Å². The molecule has 0 radical (unpaired) electrons. The molecule has 2 heterocycles. The fourth-order valence-corrected chi connectivity index (χ4v) is 1.76. The molecule has 6 heteroatoms. The number of amides is 1. The molecule has 0 aromatic carbocycles. The highest BCUT2D eigenvalue weighted by Crippen LogP contribution is 2.33. The van der Waals surface area contributed by atoms with Gasteiger partial charge in [0.15, 0.2) is 0 Å². The Morgan fingerprint density at radius 2 is 2.40 bits per heavy atom. The first-order chi connectivity index (χ1) is 7.15. The topological polar surface area (TPSA) is 81.3 Å². The Balaban J connectivity index is 2.37. The number of nitrogens with zero attached hydrogens (tertiary/aromatic N) is 3. The van der Waals surface area contributed by atoms with E-state index in [2.05, 4.69) is 14.7 Å². The van der Waals surface area contributed by atoms with Crippen LogP contribution in [-0.4, -0.2) is 28.1 Å². The highest BCUT2D eigenvalue weighted by atomic mass is 16.5. The maximum atomic E-state index is 11.4. The van der Waals surface area contributed by atoms with Crippen molar-refractivity contribution >= 4 is 11.9 Å². The average molecular weight is 208 g/mol. The summed E-state index contributed by atoms with van der Waals surface area (Å²) in [7, 11) is 1.35. The standard InChI is InChI=1S/C9H12N4O2/c1-5-7-6(8(10)12-4-11-7)3-13(5)9(14)15-2/h4-5H,3H2,1-2H3,(H2,10,11,12).